The number of fused-ring (bicyclic) bond motifs is 1. The number of nitrogens with zero attached hydrogens (tertiary/aromatic N) is 2. The van der Waals surface area contributed by atoms with E-state index in [0.29, 0.717) is 11.2 Å². The molecule has 0 radical (unpaired) electrons. The largest absolute Gasteiger partial charge is 0.365 e. The molecule has 4 rings (SSSR count). The number of nitrogens with one attached hydrogen (secondary N) is 3. The van der Waals surface area contributed by atoms with Gasteiger partial charge in [-0.1, -0.05) is 12.1 Å². The van der Waals surface area contributed by atoms with Crippen LogP contribution in [0.3, 0.4) is 0 Å². The number of aromatic nitrogens is 2. The van der Waals surface area contributed by atoms with Crippen molar-refractivity contribution in [2.45, 2.75) is 71.0 Å². The van der Waals surface area contributed by atoms with E-state index in [1.807, 2.05) is 47.0 Å². The normalized spacial score (nSPS) is 18.5. The minimum Gasteiger partial charge on any atom is -0.365 e. The number of hydrogen-bond acceptors (Lipinski definition) is 5. The summed E-state index contributed by atoms with van der Waals surface area (Å²) in [5.74, 6) is 0.574. The van der Waals surface area contributed by atoms with E-state index in [-0.39, 0.29) is 29.4 Å². The first-order valence-electron chi connectivity index (χ1n) is 11.8. The molecular weight excluding hydrogens is 428 g/mol. The van der Waals surface area contributed by atoms with E-state index in [1.165, 1.54) is 6.92 Å². The van der Waals surface area contributed by atoms with E-state index in [9.17, 15) is 9.59 Å². The summed E-state index contributed by atoms with van der Waals surface area (Å²) >= 11 is 0. The van der Waals surface area contributed by atoms with Crippen LogP contribution in [-0.2, 0) is 4.79 Å². The van der Waals surface area contributed by atoms with Crippen LogP contribution in [0.4, 0.5) is 11.5 Å². The van der Waals surface area contributed by atoms with E-state index in [2.05, 4.69) is 36.7 Å². The van der Waals surface area contributed by atoms with Gasteiger partial charge < -0.3 is 21.7 Å². The SMILES string of the molecule is CC(=O)Nc1ccc(-c2nc3c(C(=O)NC4CCC(N)CC4)cccn3c2NC(C)(C)C)cc1. The number of imidazole rings is 1. The molecule has 1 fully saturated rings. The summed E-state index contributed by atoms with van der Waals surface area (Å²) in [6, 6.07) is 11.6. The molecule has 0 atom stereocenters. The maximum Gasteiger partial charge on any atom is 0.255 e. The van der Waals surface area contributed by atoms with Gasteiger partial charge in [-0.15, -0.1) is 0 Å². The number of hydrogen-bond donors (Lipinski definition) is 4. The summed E-state index contributed by atoms with van der Waals surface area (Å²) in [5.41, 5.74) is 9.28. The Labute approximate surface area is 200 Å². The Morgan fingerprint density at radius 3 is 2.35 bits per heavy atom. The molecule has 2 aromatic heterocycles. The number of benzene rings is 1. The van der Waals surface area contributed by atoms with Gasteiger partial charge in [-0.25, -0.2) is 4.98 Å². The first kappa shape index (κ1) is 23.8. The van der Waals surface area contributed by atoms with Crippen molar-refractivity contribution in [1.82, 2.24) is 14.7 Å². The molecule has 2 heterocycles. The van der Waals surface area contributed by atoms with Gasteiger partial charge >= 0.3 is 0 Å². The molecular formula is C26H34N6O2. The lowest BCUT2D eigenvalue weighted by atomic mass is 9.91. The molecule has 0 aliphatic heterocycles. The minimum absolute atomic E-state index is 0.119. The van der Waals surface area contributed by atoms with Crippen LogP contribution in [-0.4, -0.2) is 38.8 Å². The lowest BCUT2D eigenvalue weighted by Crippen LogP contribution is -2.40. The third-order valence-corrected chi connectivity index (χ3v) is 5.97. The first-order chi connectivity index (χ1) is 16.1. The van der Waals surface area contributed by atoms with Gasteiger partial charge in [0.15, 0.2) is 5.65 Å². The molecule has 2 amide bonds. The van der Waals surface area contributed by atoms with Gasteiger partial charge in [0.25, 0.3) is 5.91 Å². The van der Waals surface area contributed by atoms with Crippen molar-refractivity contribution in [3.05, 3.63) is 48.2 Å². The van der Waals surface area contributed by atoms with Crippen LogP contribution in [0, 0.1) is 0 Å². The predicted molar refractivity (Wildman–Crippen MR) is 136 cm³/mol. The van der Waals surface area contributed by atoms with E-state index < -0.39 is 0 Å². The van der Waals surface area contributed by atoms with Gasteiger partial charge in [-0.3, -0.25) is 14.0 Å². The smallest absolute Gasteiger partial charge is 0.255 e. The van der Waals surface area contributed by atoms with Crippen molar-refractivity contribution in [3.8, 4) is 11.3 Å². The fraction of sp³-hybridized carbons (Fsp3) is 0.423. The summed E-state index contributed by atoms with van der Waals surface area (Å²) in [4.78, 5) is 29.5. The van der Waals surface area contributed by atoms with Crippen LogP contribution in [0.25, 0.3) is 16.9 Å². The zero-order valence-electron chi connectivity index (χ0n) is 20.3. The number of rotatable bonds is 5. The summed E-state index contributed by atoms with van der Waals surface area (Å²) in [7, 11) is 0. The summed E-state index contributed by atoms with van der Waals surface area (Å²) in [5, 5.41) is 9.52. The van der Waals surface area contributed by atoms with Crippen LogP contribution in [0.15, 0.2) is 42.6 Å². The van der Waals surface area contributed by atoms with Gasteiger partial charge in [-0.2, -0.15) is 0 Å². The molecule has 1 saturated carbocycles. The monoisotopic (exact) mass is 462 g/mol. The van der Waals surface area contributed by atoms with E-state index in [1.54, 1.807) is 0 Å². The van der Waals surface area contributed by atoms with Gasteiger partial charge in [0.2, 0.25) is 5.91 Å². The van der Waals surface area contributed by atoms with Crippen molar-refractivity contribution in [2.24, 2.45) is 5.73 Å². The molecule has 34 heavy (non-hydrogen) atoms. The molecule has 0 spiro atoms. The van der Waals surface area contributed by atoms with E-state index in [4.69, 9.17) is 10.7 Å². The standard InChI is InChI=1S/C26H34N6O2/c1-16(33)28-19-11-7-17(8-12-19)22-24(31-26(2,3)4)32-15-5-6-21(23(32)30-22)25(34)29-20-13-9-18(27)10-14-20/h5-8,11-12,15,18,20,31H,9-10,13-14,27H2,1-4H3,(H,28,33)(H,29,34). The molecule has 8 nitrogen and oxygen atoms in total. The molecule has 8 heteroatoms. The van der Waals surface area contributed by atoms with Crippen molar-refractivity contribution < 1.29 is 9.59 Å². The average Bonchev–Trinajstić information content (AvgIpc) is 3.12. The molecule has 0 bridgehead atoms. The molecule has 0 unspecified atom stereocenters. The highest BCUT2D eigenvalue weighted by molar-refractivity contribution is 6.01. The molecule has 1 aliphatic rings. The van der Waals surface area contributed by atoms with Crippen LogP contribution >= 0.6 is 0 Å². The quantitative estimate of drug-likeness (QED) is 0.454. The number of carbonyl (C=O) groups is 2. The topological polar surface area (TPSA) is 114 Å². The molecule has 0 saturated heterocycles. The van der Waals surface area contributed by atoms with Gasteiger partial charge in [0.05, 0.1) is 5.56 Å². The molecule has 1 aliphatic carbocycles. The lowest BCUT2D eigenvalue weighted by molar-refractivity contribution is -0.114. The Morgan fingerprint density at radius 1 is 1.06 bits per heavy atom. The molecule has 5 N–H and O–H groups in total. The predicted octanol–water partition coefficient (Wildman–Crippen LogP) is 4.17. The van der Waals surface area contributed by atoms with Gasteiger partial charge in [0.1, 0.15) is 11.5 Å². The van der Waals surface area contributed by atoms with Crippen LogP contribution in [0.5, 0.6) is 0 Å². The number of carbonyl (C=O) groups excluding carboxylic acids is 2. The van der Waals surface area contributed by atoms with Crippen molar-refractivity contribution in [1.29, 1.82) is 0 Å². The summed E-state index contributed by atoms with van der Waals surface area (Å²) < 4.78 is 1.94. The fourth-order valence-electron chi connectivity index (χ4n) is 4.36. The van der Waals surface area contributed by atoms with E-state index >= 15 is 0 Å². The van der Waals surface area contributed by atoms with Crippen molar-refractivity contribution >= 4 is 29.0 Å². The second-order valence-electron chi connectivity index (χ2n) is 10.1. The second-order valence-corrected chi connectivity index (χ2v) is 10.1. The Bertz CT molecular complexity index is 1180. The average molecular weight is 463 g/mol. The molecule has 1 aromatic carbocycles. The Morgan fingerprint density at radius 2 is 1.74 bits per heavy atom. The summed E-state index contributed by atoms with van der Waals surface area (Å²) in [6.45, 7) is 7.73. The molecule has 3 aromatic rings. The highest BCUT2D eigenvalue weighted by Crippen LogP contribution is 2.32. The number of anilines is 2. The maximum absolute atomic E-state index is 13.2. The Kier molecular flexibility index (Phi) is 6.61. The zero-order valence-corrected chi connectivity index (χ0v) is 20.3. The minimum atomic E-state index is -0.222. The van der Waals surface area contributed by atoms with Crippen LogP contribution < -0.4 is 21.7 Å². The maximum atomic E-state index is 13.2. The van der Waals surface area contributed by atoms with Gasteiger partial charge in [0, 0.05) is 42.0 Å². The van der Waals surface area contributed by atoms with Crippen LogP contribution in [0.2, 0.25) is 0 Å². The highest BCUT2D eigenvalue weighted by atomic mass is 16.2. The third kappa shape index (κ3) is 5.39. The number of amides is 2. The van der Waals surface area contributed by atoms with Gasteiger partial charge in [-0.05, 0) is 70.7 Å². The van der Waals surface area contributed by atoms with Crippen LogP contribution in [0.1, 0.15) is 63.7 Å². The Hall–Kier alpha value is -3.39. The number of nitrogens with two attached hydrogens (primary N) is 1. The highest BCUT2D eigenvalue weighted by Gasteiger charge is 2.25. The fourth-order valence-corrected chi connectivity index (χ4v) is 4.36. The third-order valence-electron chi connectivity index (χ3n) is 5.97. The lowest BCUT2D eigenvalue weighted by Gasteiger charge is -2.26. The Balaban J connectivity index is 1.73. The van der Waals surface area contributed by atoms with Crippen molar-refractivity contribution in [2.75, 3.05) is 10.6 Å². The molecule has 180 valence electrons. The van der Waals surface area contributed by atoms with Crippen molar-refractivity contribution in [3.63, 3.8) is 0 Å². The van der Waals surface area contributed by atoms with E-state index in [0.717, 1.165) is 48.4 Å². The number of pyridine rings is 1. The second kappa shape index (κ2) is 9.46. The summed E-state index contributed by atoms with van der Waals surface area (Å²) in [6.07, 6.45) is 5.57. The first-order valence-corrected chi connectivity index (χ1v) is 11.8. The zero-order chi connectivity index (χ0) is 24.5.